The molecule has 0 saturated carbocycles. The Kier molecular flexibility index (Phi) is 4.65. The lowest BCUT2D eigenvalue weighted by Crippen LogP contribution is -2.55. The van der Waals surface area contributed by atoms with E-state index in [1.54, 1.807) is 23.1 Å². The number of rotatable bonds is 3. The molecule has 0 radical (unpaired) electrons. The number of piperidine rings is 1. The Labute approximate surface area is 165 Å². The topological polar surface area (TPSA) is 83.8 Å². The molecule has 1 fully saturated rings. The molecule has 9 heteroatoms. The summed E-state index contributed by atoms with van der Waals surface area (Å²) in [5.41, 5.74) is 8.25. The molecule has 1 aliphatic rings. The van der Waals surface area contributed by atoms with Crippen molar-refractivity contribution in [3.63, 3.8) is 0 Å². The average molecular weight is 403 g/mol. The van der Waals surface area contributed by atoms with Gasteiger partial charge in [0, 0.05) is 25.7 Å². The molecule has 2 N–H and O–H groups in total. The highest BCUT2D eigenvalue weighted by atomic mass is 35.5. The lowest BCUT2D eigenvalue weighted by molar-refractivity contribution is -0.0395. The fourth-order valence-corrected chi connectivity index (χ4v) is 3.57. The third-order valence-corrected chi connectivity index (χ3v) is 5.25. The first kappa shape index (κ1) is 18.6. The second-order valence-corrected chi connectivity index (χ2v) is 7.23. The van der Waals surface area contributed by atoms with Gasteiger partial charge in [-0.05, 0) is 24.3 Å². The Morgan fingerprint density at radius 1 is 1.32 bits per heavy atom. The molecule has 1 unspecified atom stereocenters. The lowest BCUT2D eigenvalue weighted by atomic mass is 10.0. The Balaban J connectivity index is 1.76. The molecule has 3 heterocycles. The molecule has 1 aromatic carbocycles. The van der Waals surface area contributed by atoms with Crippen LogP contribution < -0.4 is 10.6 Å². The van der Waals surface area contributed by atoms with E-state index in [9.17, 15) is 8.78 Å². The summed E-state index contributed by atoms with van der Waals surface area (Å²) in [7, 11) is 0. The lowest BCUT2D eigenvalue weighted by Gasteiger charge is -2.37. The second-order valence-electron chi connectivity index (χ2n) is 6.82. The molecule has 28 heavy (non-hydrogen) atoms. The zero-order valence-corrected chi connectivity index (χ0v) is 15.6. The van der Waals surface area contributed by atoms with Crippen LogP contribution in [0.3, 0.4) is 0 Å². The molecular formula is C19H17ClF2N6. The molecule has 0 bridgehead atoms. The van der Waals surface area contributed by atoms with Gasteiger partial charge in [-0.2, -0.15) is 5.26 Å². The highest BCUT2D eigenvalue weighted by molar-refractivity contribution is 6.35. The standard InChI is InChI=1S/C19H17ClF2N6/c20-14-2-1-3-15-17(14)26-18(27-7-6-19(21,22)16(24)11-27)28(15)10-13-5-4-12(8-23)9-25-13/h1-5,9,16H,6-7,10-11,24H2. The van der Waals surface area contributed by atoms with E-state index < -0.39 is 12.0 Å². The molecule has 3 aromatic rings. The van der Waals surface area contributed by atoms with Gasteiger partial charge < -0.3 is 15.2 Å². The molecule has 1 atom stereocenters. The predicted octanol–water partition coefficient (Wildman–Crippen LogP) is 3.18. The second kappa shape index (κ2) is 7.00. The number of nitriles is 1. The first-order valence-corrected chi connectivity index (χ1v) is 9.15. The Morgan fingerprint density at radius 2 is 2.14 bits per heavy atom. The van der Waals surface area contributed by atoms with Gasteiger partial charge >= 0.3 is 0 Å². The molecule has 0 aliphatic carbocycles. The highest BCUT2D eigenvalue weighted by Crippen LogP contribution is 2.33. The van der Waals surface area contributed by atoms with Gasteiger partial charge in [0.1, 0.15) is 11.6 Å². The molecule has 4 rings (SSSR count). The summed E-state index contributed by atoms with van der Waals surface area (Å²) in [5, 5.41) is 9.42. The summed E-state index contributed by atoms with van der Waals surface area (Å²) < 4.78 is 29.6. The highest BCUT2D eigenvalue weighted by Gasteiger charge is 2.42. The number of imidazole rings is 1. The maximum atomic E-state index is 13.8. The average Bonchev–Trinajstić information content (AvgIpc) is 3.04. The van der Waals surface area contributed by atoms with E-state index in [2.05, 4.69) is 9.97 Å². The summed E-state index contributed by atoms with van der Waals surface area (Å²) >= 11 is 6.31. The fourth-order valence-electron chi connectivity index (χ4n) is 3.36. The van der Waals surface area contributed by atoms with Gasteiger partial charge in [0.25, 0.3) is 5.92 Å². The van der Waals surface area contributed by atoms with Crippen LogP contribution in [0.25, 0.3) is 11.0 Å². The van der Waals surface area contributed by atoms with Crippen molar-refractivity contribution in [2.45, 2.75) is 24.9 Å². The van der Waals surface area contributed by atoms with Crippen molar-refractivity contribution in [3.8, 4) is 6.07 Å². The fraction of sp³-hybridized carbons (Fsp3) is 0.316. The molecule has 144 valence electrons. The monoisotopic (exact) mass is 402 g/mol. The van der Waals surface area contributed by atoms with Crippen LogP contribution in [0.4, 0.5) is 14.7 Å². The number of hydrogen-bond acceptors (Lipinski definition) is 5. The molecular weight excluding hydrogens is 386 g/mol. The van der Waals surface area contributed by atoms with Crippen molar-refractivity contribution in [2.75, 3.05) is 18.0 Å². The smallest absolute Gasteiger partial charge is 0.266 e. The molecule has 1 saturated heterocycles. The van der Waals surface area contributed by atoms with E-state index >= 15 is 0 Å². The van der Waals surface area contributed by atoms with E-state index in [0.717, 1.165) is 5.52 Å². The van der Waals surface area contributed by atoms with Crippen LogP contribution in [-0.2, 0) is 6.54 Å². The van der Waals surface area contributed by atoms with E-state index in [-0.39, 0.29) is 19.5 Å². The van der Waals surface area contributed by atoms with Crippen LogP contribution in [0.15, 0.2) is 36.5 Å². The first-order chi connectivity index (χ1) is 13.4. The normalized spacial score (nSPS) is 19.0. The number of para-hydroxylation sites is 1. The molecule has 6 nitrogen and oxygen atoms in total. The Morgan fingerprint density at radius 3 is 2.82 bits per heavy atom. The largest absolute Gasteiger partial charge is 0.340 e. The van der Waals surface area contributed by atoms with Crippen molar-refractivity contribution in [1.29, 1.82) is 5.26 Å². The van der Waals surface area contributed by atoms with Crippen molar-refractivity contribution >= 4 is 28.6 Å². The van der Waals surface area contributed by atoms with Crippen LogP contribution in [0.5, 0.6) is 0 Å². The number of pyridine rings is 1. The van der Waals surface area contributed by atoms with Crippen LogP contribution in [-0.4, -0.2) is 39.6 Å². The van der Waals surface area contributed by atoms with E-state index in [1.807, 2.05) is 22.8 Å². The zero-order chi connectivity index (χ0) is 19.9. The summed E-state index contributed by atoms with van der Waals surface area (Å²) in [6, 6.07) is 9.64. The van der Waals surface area contributed by atoms with E-state index in [1.165, 1.54) is 6.20 Å². The quantitative estimate of drug-likeness (QED) is 0.727. The Bertz CT molecular complexity index is 1060. The van der Waals surface area contributed by atoms with E-state index in [0.29, 0.717) is 34.3 Å². The number of anilines is 1. The minimum Gasteiger partial charge on any atom is -0.340 e. The van der Waals surface area contributed by atoms with Crippen LogP contribution in [0.2, 0.25) is 5.02 Å². The minimum atomic E-state index is -2.89. The number of nitrogens with two attached hydrogens (primary N) is 1. The molecule has 1 aliphatic heterocycles. The van der Waals surface area contributed by atoms with Gasteiger partial charge in [0.15, 0.2) is 0 Å². The van der Waals surface area contributed by atoms with Crippen molar-refractivity contribution in [2.24, 2.45) is 5.73 Å². The molecule has 2 aromatic heterocycles. The number of nitrogens with zero attached hydrogens (tertiary/aromatic N) is 5. The van der Waals surface area contributed by atoms with Gasteiger partial charge in [-0.1, -0.05) is 17.7 Å². The van der Waals surface area contributed by atoms with Gasteiger partial charge in [0.05, 0.1) is 34.4 Å². The van der Waals surface area contributed by atoms with Gasteiger partial charge in [-0.15, -0.1) is 0 Å². The minimum absolute atomic E-state index is 0.00522. The van der Waals surface area contributed by atoms with Crippen molar-refractivity contribution in [3.05, 3.63) is 52.8 Å². The number of halogens is 3. The van der Waals surface area contributed by atoms with Gasteiger partial charge in [-0.3, -0.25) is 4.98 Å². The summed E-state index contributed by atoms with van der Waals surface area (Å²) in [6.07, 6.45) is 1.17. The maximum absolute atomic E-state index is 13.8. The van der Waals surface area contributed by atoms with Crippen molar-refractivity contribution < 1.29 is 8.78 Å². The summed E-state index contributed by atoms with van der Waals surface area (Å²) in [6.45, 7) is 0.497. The van der Waals surface area contributed by atoms with Crippen LogP contribution in [0.1, 0.15) is 17.7 Å². The van der Waals surface area contributed by atoms with Gasteiger partial charge in [-0.25, -0.2) is 13.8 Å². The molecule has 0 amide bonds. The zero-order valence-electron chi connectivity index (χ0n) is 14.8. The number of aromatic nitrogens is 3. The Hall–Kier alpha value is -2.76. The van der Waals surface area contributed by atoms with Gasteiger partial charge in [0.2, 0.25) is 5.95 Å². The summed E-state index contributed by atoms with van der Waals surface area (Å²) in [5.74, 6) is -2.36. The van der Waals surface area contributed by atoms with E-state index in [4.69, 9.17) is 22.6 Å². The number of alkyl halides is 2. The summed E-state index contributed by atoms with van der Waals surface area (Å²) in [4.78, 5) is 10.7. The molecule has 0 spiro atoms. The number of benzene rings is 1. The predicted molar refractivity (Wildman–Crippen MR) is 103 cm³/mol. The van der Waals surface area contributed by atoms with Crippen LogP contribution >= 0.6 is 11.6 Å². The number of fused-ring (bicyclic) bond motifs is 1. The maximum Gasteiger partial charge on any atom is 0.266 e. The number of hydrogen-bond donors (Lipinski definition) is 1. The first-order valence-electron chi connectivity index (χ1n) is 8.77. The van der Waals surface area contributed by atoms with Crippen molar-refractivity contribution in [1.82, 2.24) is 14.5 Å². The SMILES string of the molecule is N#Cc1ccc(Cn2c(N3CCC(F)(F)C(N)C3)nc3c(Cl)cccc32)nc1. The van der Waals surface area contributed by atoms with Crippen LogP contribution in [0, 0.1) is 11.3 Å². The third-order valence-electron chi connectivity index (χ3n) is 4.94. The third kappa shape index (κ3) is 3.28.